The third-order valence-electron chi connectivity index (χ3n) is 1.87. The fourth-order valence-electron chi connectivity index (χ4n) is 1.15. The Bertz CT molecular complexity index is 357. The highest BCUT2D eigenvalue weighted by molar-refractivity contribution is 5.62. The first kappa shape index (κ1) is 11.4. The molecule has 0 saturated carbocycles. The molecule has 1 aromatic carbocycles. The van der Waals surface area contributed by atoms with Crippen LogP contribution >= 0.6 is 0 Å². The number of nitro benzene ring substituents is 1. The van der Waals surface area contributed by atoms with Gasteiger partial charge >= 0.3 is 0 Å². The molecule has 5 nitrogen and oxygen atoms in total. The molecule has 0 atom stereocenters. The molecule has 0 aromatic heterocycles. The lowest BCUT2D eigenvalue weighted by atomic mass is 10.2. The second-order valence-electron chi connectivity index (χ2n) is 2.92. The number of hydrogen-bond donors (Lipinski definition) is 2. The van der Waals surface area contributed by atoms with E-state index in [1.807, 2.05) is 0 Å². The van der Waals surface area contributed by atoms with Crippen molar-refractivity contribution in [2.24, 2.45) is 0 Å². The summed E-state index contributed by atoms with van der Waals surface area (Å²) in [5.41, 5.74) is -0.302. The average Bonchev–Trinajstić information content (AvgIpc) is 2.20. The van der Waals surface area contributed by atoms with Crippen LogP contribution in [-0.4, -0.2) is 25.1 Å². The van der Waals surface area contributed by atoms with Crippen LogP contribution < -0.4 is 10.6 Å². The van der Waals surface area contributed by atoms with Crippen molar-refractivity contribution in [1.82, 2.24) is 5.32 Å². The Kier molecular flexibility index (Phi) is 3.99. The van der Waals surface area contributed by atoms with Crippen LogP contribution in [0.15, 0.2) is 18.2 Å². The van der Waals surface area contributed by atoms with E-state index in [0.29, 0.717) is 13.1 Å². The Labute approximate surface area is 86.4 Å². The predicted octanol–water partition coefficient (Wildman–Crippen LogP) is 1.37. The van der Waals surface area contributed by atoms with Gasteiger partial charge in [-0.15, -0.1) is 0 Å². The number of anilines is 1. The molecule has 0 bridgehead atoms. The van der Waals surface area contributed by atoms with Crippen LogP contribution in [0, 0.1) is 15.9 Å². The van der Waals surface area contributed by atoms with Gasteiger partial charge in [-0.3, -0.25) is 10.1 Å². The van der Waals surface area contributed by atoms with Crippen LogP contribution in [0.2, 0.25) is 0 Å². The number of hydrogen-bond acceptors (Lipinski definition) is 4. The van der Waals surface area contributed by atoms with Crippen LogP contribution in [0.4, 0.5) is 15.8 Å². The number of benzene rings is 1. The maximum Gasteiger partial charge on any atom is 0.295 e. The van der Waals surface area contributed by atoms with E-state index in [1.54, 1.807) is 7.05 Å². The van der Waals surface area contributed by atoms with Crippen LogP contribution in [0.1, 0.15) is 0 Å². The molecule has 15 heavy (non-hydrogen) atoms. The van der Waals surface area contributed by atoms with Gasteiger partial charge < -0.3 is 10.6 Å². The minimum Gasteiger partial charge on any atom is -0.376 e. The van der Waals surface area contributed by atoms with Gasteiger partial charge in [0.05, 0.1) is 4.92 Å². The van der Waals surface area contributed by atoms with Crippen molar-refractivity contribution in [3.05, 3.63) is 34.1 Å². The van der Waals surface area contributed by atoms with E-state index in [9.17, 15) is 14.5 Å². The van der Waals surface area contributed by atoms with Gasteiger partial charge in [0, 0.05) is 19.2 Å². The molecule has 82 valence electrons. The predicted molar refractivity (Wildman–Crippen MR) is 55.5 cm³/mol. The maximum atomic E-state index is 13.3. The van der Waals surface area contributed by atoms with Crippen molar-refractivity contribution >= 4 is 11.4 Å². The van der Waals surface area contributed by atoms with Gasteiger partial charge in [-0.05, 0) is 13.1 Å². The minimum absolute atomic E-state index is 0.0576. The highest BCUT2D eigenvalue weighted by Gasteiger charge is 2.16. The van der Waals surface area contributed by atoms with E-state index >= 15 is 0 Å². The molecule has 0 unspecified atom stereocenters. The Morgan fingerprint density at radius 3 is 2.80 bits per heavy atom. The van der Waals surface area contributed by atoms with Crippen LogP contribution in [0.25, 0.3) is 0 Å². The summed E-state index contributed by atoms with van der Waals surface area (Å²) in [4.78, 5) is 9.98. The maximum absolute atomic E-state index is 13.3. The average molecular weight is 213 g/mol. The normalized spacial score (nSPS) is 10.0. The Morgan fingerprint density at radius 1 is 1.47 bits per heavy atom. The second-order valence-corrected chi connectivity index (χ2v) is 2.92. The van der Waals surface area contributed by atoms with E-state index < -0.39 is 10.7 Å². The zero-order valence-electron chi connectivity index (χ0n) is 8.29. The summed E-state index contributed by atoms with van der Waals surface area (Å²) in [6.45, 7) is 1.03. The van der Waals surface area contributed by atoms with Crippen molar-refractivity contribution in [1.29, 1.82) is 0 Å². The Hall–Kier alpha value is -1.69. The number of nitrogens with one attached hydrogen (secondary N) is 2. The molecule has 0 radical (unpaired) electrons. The summed E-state index contributed by atoms with van der Waals surface area (Å²) in [5.74, 6) is -0.611. The van der Waals surface area contributed by atoms with Crippen molar-refractivity contribution in [2.45, 2.75) is 0 Å². The largest absolute Gasteiger partial charge is 0.376 e. The fraction of sp³-hybridized carbons (Fsp3) is 0.333. The summed E-state index contributed by atoms with van der Waals surface area (Å²) >= 11 is 0. The zero-order valence-corrected chi connectivity index (χ0v) is 8.29. The number of rotatable bonds is 5. The topological polar surface area (TPSA) is 67.2 Å². The lowest BCUT2D eigenvalue weighted by Gasteiger charge is -2.07. The summed E-state index contributed by atoms with van der Waals surface area (Å²) in [7, 11) is 1.75. The van der Waals surface area contributed by atoms with E-state index in [4.69, 9.17) is 0 Å². The minimum atomic E-state index is -0.611. The fourth-order valence-corrected chi connectivity index (χ4v) is 1.15. The first-order valence-corrected chi connectivity index (χ1v) is 4.48. The lowest BCUT2D eigenvalue weighted by molar-refractivity contribution is -0.384. The van der Waals surface area contributed by atoms with Gasteiger partial charge in [-0.2, -0.15) is 0 Å². The van der Waals surface area contributed by atoms with Crippen LogP contribution in [0.3, 0.4) is 0 Å². The Morgan fingerprint density at radius 2 is 2.20 bits per heavy atom. The smallest absolute Gasteiger partial charge is 0.295 e. The number of nitro groups is 1. The summed E-state index contributed by atoms with van der Waals surface area (Å²) in [6, 6.07) is 3.77. The molecule has 1 rings (SSSR count). The molecule has 0 aliphatic carbocycles. The Balaban J connectivity index is 2.87. The molecule has 0 aliphatic rings. The van der Waals surface area contributed by atoms with E-state index in [-0.39, 0.29) is 11.4 Å². The van der Waals surface area contributed by atoms with Crippen molar-refractivity contribution in [2.75, 3.05) is 25.5 Å². The van der Waals surface area contributed by atoms with E-state index in [1.165, 1.54) is 18.2 Å². The van der Waals surface area contributed by atoms with Gasteiger partial charge in [0.1, 0.15) is 5.69 Å². The summed E-state index contributed by atoms with van der Waals surface area (Å²) < 4.78 is 13.3. The molecule has 0 fully saturated rings. The van der Waals surface area contributed by atoms with Crippen molar-refractivity contribution < 1.29 is 9.31 Å². The molecule has 1 aromatic rings. The third-order valence-corrected chi connectivity index (χ3v) is 1.87. The zero-order chi connectivity index (χ0) is 11.3. The molecule has 0 amide bonds. The summed E-state index contributed by atoms with van der Waals surface area (Å²) in [6.07, 6.45) is 0. The highest BCUT2D eigenvalue weighted by atomic mass is 19.1. The van der Waals surface area contributed by atoms with Gasteiger partial charge in [0.2, 0.25) is 0 Å². The quantitative estimate of drug-likeness (QED) is 0.440. The van der Waals surface area contributed by atoms with E-state index in [2.05, 4.69) is 10.6 Å². The van der Waals surface area contributed by atoms with Crippen LogP contribution in [-0.2, 0) is 0 Å². The number of halogens is 1. The third kappa shape index (κ3) is 2.88. The number of para-hydroxylation sites is 1. The van der Waals surface area contributed by atoms with Gasteiger partial charge in [0.15, 0.2) is 5.82 Å². The number of nitrogens with zero attached hydrogens (tertiary/aromatic N) is 1. The SMILES string of the molecule is CNCCNc1c(F)cccc1[N+](=O)[O-]. The molecule has 0 saturated heterocycles. The van der Waals surface area contributed by atoms with Crippen molar-refractivity contribution in [3.8, 4) is 0 Å². The van der Waals surface area contributed by atoms with Gasteiger partial charge in [-0.1, -0.05) is 6.07 Å². The van der Waals surface area contributed by atoms with Crippen molar-refractivity contribution in [3.63, 3.8) is 0 Å². The molecule has 6 heteroatoms. The van der Waals surface area contributed by atoms with Crippen LogP contribution in [0.5, 0.6) is 0 Å². The molecular formula is C9H12FN3O2. The molecular weight excluding hydrogens is 201 g/mol. The molecule has 0 heterocycles. The molecule has 0 spiro atoms. The van der Waals surface area contributed by atoms with Gasteiger partial charge in [0.25, 0.3) is 5.69 Å². The first-order valence-electron chi connectivity index (χ1n) is 4.48. The monoisotopic (exact) mass is 213 g/mol. The second kappa shape index (κ2) is 5.26. The van der Waals surface area contributed by atoms with Gasteiger partial charge in [-0.25, -0.2) is 4.39 Å². The highest BCUT2D eigenvalue weighted by Crippen LogP contribution is 2.26. The first-order chi connectivity index (χ1) is 7.16. The lowest BCUT2D eigenvalue weighted by Crippen LogP contribution is -2.18. The number of likely N-dealkylation sites (N-methyl/N-ethyl adjacent to an activating group) is 1. The molecule has 2 N–H and O–H groups in total. The standard InChI is InChI=1S/C9H12FN3O2/c1-11-5-6-12-9-7(10)3-2-4-8(9)13(14)15/h2-4,11-12H,5-6H2,1H3. The molecule has 0 aliphatic heterocycles. The summed E-state index contributed by atoms with van der Waals surface area (Å²) in [5, 5.41) is 16.1. The van der Waals surface area contributed by atoms with E-state index in [0.717, 1.165) is 0 Å².